The van der Waals surface area contributed by atoms with Crippen molar-refractivity contribution in [1.29, 1.82) is 0 Å². The summed E-state index contributed by atoms with van der Waals surface area (Å²) in [6, 6.07) is 16.0. The summed E-state index contributed by atoms with van der Waals surface area (Å²) in [4.78, 5) is 12.9. The van der Waals surface area contributed by atoms with Crippen molar-refractivity contribution in [2.45, 2.75) is 39.7 Å². The van der Waals surface area contributed by atoms with Gasteiger partial charge in [0, 0.05) is 34.8 Å². The average molecular weight is 305 g/mol. The number of nitrogens with zero attached hydrogens (tertiary/aromatic N) is 1. The molecule has 23 heavy (non-hydrogen) atoms. The van der Waals surface area contributed by atoms with Crippen LogP contribution in [-0.2, 0) is 6.54 Å². The van der Waals surface area contributed by atoms with E-state index in [9.17, 15) is 4.79 Å². The number of rotatable bonds is 6. The van der Waals surface area contributed by atoms with Gasteiger partial charge in [0.1, 0.15) is 0 Å². The van der Waals surface area contributed by atoms with Crippen molar-refractivity contribution in [3.05, 3.63) is 71.4 Å². The Morgan fingerprint density at radius 2 is 1.87 bits per heavy atom. The Kier molecular flexibility index (Phi) is 4.61. The average Bonchev–Trinajstić information content (AvgIpc) is 2.93. The molecule has 118 valence electrons. The number of hydrogen-bond donors (Lipinski definition) is 0. The van der Waals surface area contributed by atoms with Crippen LogP contribution in [0.2, 0.25) is 0 Å². The number of fused-ring (bicyclic) bond motifs is 1. The van der Waals surface area contributed by atoms with Gasteiger partial charge >= 0.3 is 0 Å². The summed E-state index contributed by atoms with van der Waals surface area (Å²) in [6.07, 6.45) is 5.60. The number of carbonyl (C=O) groups excluding carboxylic acids is 1. The van der Waals surface area contributed by atoms with Crippen molar-refractivity contribution in [3.63, 3.8) is 0 Å². The molecule has 0 unspecified atom stereocenters. The van der Waals surface area contributed by atoms with Gasteiger partial charge in [-0.05, 0) is 25.5 Å². The predicted molar refractivity (Wildman–Crippen MR) is 96.1 cm³/mol. The zero-order valence-corrected chi connectivity index (χ0v) is 13.9. The van der Waals surface area contributed by atoms with E-state index in [1.54, 1.807) is 0 Å². The summed E-state index contributed by atoms with van der Waals surface area (Å²) in [5, 5.41) is 1.05. The Labute approximate surface area is 137 Å². The number of aromatic nitrogens is 1. The smallest absolute Gasteiger partial charge is 0.195 e. The lowest BCUT2D eigenvalue weighted by atomic mass is 10.0. The Morgan fingerprint density at radius 1 is 1.04 bits per heavy atom. The molecule has 0 aliphatic carbocycles. The number of benzene rings is 2. The van der Waals surface area contributed by atoms with Crippen LogP contribution in [0.3, 0.4) is 0 Å². The standard InChI is InChI=1S/C21H23NO/c1-3-4-7-13-22-15-19(18-11-5-6-12-20(18)22)21(23)17-10-8-9-16(2)14-17/h5-6,8-12,14-15H,3-4,7,13H2,1-2H3. The van der Waals surface area contributed by atoms with Crippen molar-refractivity contribution in [2.24, 2.45) is 0 Å². The van der Waals surface area contributed by atoms with Crippen molar-refractivity contribution < 1.29 is 4.79 Å². The SMILES string of the molecule is CCCCCn1cc(C(=O)c2cccc(C)c2)c2ccccc21. The van der Waals surface area contributed by atoms with E-state index in [-0.39, 0.29) is 5.78 Å². The van der Waals surface area contributed by atoms with E-state index in [0.29, 0.717) is 0 Å². The topological polar surface area (TPSA) is 22.0 Å². The summed E-state index contributed by atoms with van der Waals surface area (Å²) in [7, 11) is 0. The molecule has 0 bridgehead atoms. The van der Waals surface area contributed by atoms with Crippen LogP contribution < -0.4 is 0 Å². The molecule has 2 aromatic carbocycles. The molecule has 1 heterocycles. The first kappa shape index (κ1) is 15.5. The highest BCUT2D eigenvalue weighted by Gasteiger charge is 2.16. The number of para-hydroxylation sites is 1. The molecule has 0 spiro atoms. The van der Waals surface area contributed by atoms with Gasteiger partial charge in [-0.3, -0.25) is 4.79 Å². The Bertz CT molecular complexity index is 829. The van der Waals surface area contributed by atoms with Gasteiger partial charge in [-0.15, -0.1) is 0 Å². The summed E-state index contributed by atoms with van der Waals surface area (Å²) in [6.45, 7) is 5.20. The van der Waals surface area contributed by atoms with Crippen LogP contribution in [0.15, 0.2) is 54.7 Å². The highest BCUT2D eigenvalue weighted by molar-refractivity contribution is 6.16. The van der Waals surface area contributed by atoms with E-state index < -0.39 is 0 Å². The molecule has 0 atom stereocenters. The number of hydrogen-bond acceptors (Lipinski definition) is 1. The minimum atomic E-state index is 0.110. The van der Waals surface area contributed by atoms with Crippen LogP contribution in [0.5, 0.6) is 0 Å². The second-order valence-electron chi connectivity index (χ2n) is 6.16. The molecule has 0 N–H and O–H groups in total. The fourth-order valence-electron chi connectivity index (χ4n) is 3.09. The van der Waals surface area contributed by atoms with Crippen molar-refractivity contribution in [3.8, 4) is 0 Å². The van der Waals surface area contributed by atoms with Gasteiger partial charge in [-0.2, -0.15) is 0 Å². The lowest BCUT2D eigenvalue weighted by molar-refractivity contribution is 0.104. The third-order valence-electron chi connectivity index (χ3n) is 4.32. The Morgan fingerprint density at radius 3 is 2.65 bits per heavy atom. The van der Waals surface area contributed by atoms with Gasteiger partial charge in [-0.25, -0.2) is 0 Å². The van der Waals surface area contributed by atoms with Gasteiger partial charge < -0.3 is 4.57 Å². The summed E-state index contributed by atoms with van der Waals surface area (Å²) < 4.78 is 2.23. The monoisotopic (exact) mass is 305 g/mol. The number of aryl methyl sites for hydroxylation is 2. The molecular formula is C21H23NO. The molecule has 0 saturated heterocycles. The van der Waals surface area contributed by atoms with Gasteiger partial charge in [0.05, 0.1) is 0 Å². The number of carbonyl (C=O) groups is 1. The normalized spacial score (nSPS) is 11.0. The molecule has 0 amide bonds. The number of ketones is 1. The zero-order chi connectivity index (χ0) is 16.2. The van der Waals surface area contributed by atoms with Crippen LogP contribution in [0.1, 0.15) is 47.7 Å². The van der Waals surface area contributed by atoms with E-state index in [0.717, 1.165) is 40.6 Å². The molecule has 0 fully saturated rings. The van der Waals surface area contributed by atoms with Gasteiger partial charge in [0.2, 0.25) is 0 Å². The highest BCUT2D eigenvalue weighted by atomic mass is 16.1. The summed E-state index contributed by atoms with van der Waals surface area (Å²) in [5.41, 5.74) is 3.84. The first-order valence-corrected chi connectivity index (χ1v) is 8.40. The van der Waals surface area contributed by atoms with Crippen molar-refractivity contribution >= 4 is 16.7 Å². The second kappa shape index (κ2) is 6.82. The molecule has 1 aromatic heterocycles. The lowest BCUT2D eigenvalue weighted by Gasteiger charge is -2.03. The van der Waals surface area contributed by atoms with E-state index in [4.69, 9.17) is 0 Å². The van der Waals surface area contributed by atoms with E-state index in [1.165, 1.54) is 12.8 Å². The molecule has 2 heteroatoms. The van der Waals surface area contributed by atoms with E-state index in [2.05, 4.69) is 23.6 Å². The van der Waals surface area contributed by atoms with E-state index in [1.807, 2.05) is 49.5 Å². The molecule has 0 aliphatic heterocycles. The lowest BCUT2D eigenvalue weighted by Crippen LogP contribution is -2.01. The largest absolute Gasteiger partial charge is 0.347 e. The molecule has 0 radical (unpaired) electrons. The van der Waals surface area contributed by atoms with Crippen LogP contribution in [-0.4, -0.2) is 10.4 Å². The fraction of sp³-hybridized carbons (Fsp3) is 0.286. The van der Waals surface area contributed by atoms with Crippen LogP contribution in [0.4, 0.5) is 0 Å². The maximum Gasteiger partial charge on any atom is 0.195 e. The summed E-state index contributed by atoms with van der Waals surface area (Å²) in [5.74, 6) is 0.110. The van der Waals surface area contributed by atoms with Gasteiger partial charge in [0.15, 0.2) is 5.78 Å². The van der Waals surface area contributed by atoms with Gasteiger partial charge in [0.25, 0.3) is 0 Å². The van der Waals surface area contributed by atoms with Gasteiger partial charge in [-0.1, -0.05) is 61.7 Å². The van der Waals surface area contributed by atoms with Crippen molar-refractivity contribution in [2.75, 3.05) is 0 Å². The van der Waals surface area contributed by atoms with Crippen LogP contribution in [0, 0.1) is 6.92 Å². The maximum atomic E-state index is 12.9. The molecule has 0 aliphatic rings. The zero-order valence-electron chi connectivity index (χ0n) is 13.9. The minimum absolute atomic E-state index is 0.110. The van der Waals surface area contributed by atoms with E-state index >= 15 is 0 Å². The Hall–Kier alpha value is -2.35. The summed E-state index contributed by atoms with van der Waals surface area (Å²) >= 11 is 0. The van der Waals surface area contributed by atoms with Crippen LogP contribution >= 0.6 is 0 Å². The van der Waals surface area contributed by atoms with Crippen molar-refractivity contribution in [1.82, 2.24) is 4.57 Å². The minimum Gasteiger partial charge on any atom is -0.347 e. The molecule has 3 rings (SSSR count). The second-order valence-corrected chi connectivity index (χ2v) is 6.16. The quantitative estimate of drug-likeness (QED) is 0.443. The number of unbranched alkanes of at least 4 members (excludes halogenated alkanes) is 2. The molecule has 2 nitrogen and oxygen atoms in total. The predicted octanol–water partition coefficient (Wildman–Crippen LogP) is 5.37. The Balaban J connectivity index is 2.02. The molecule has 0 saturated carbocycles. The fourth-order valence-corrected chi connectivity index (χ4v) is 3.09. The third-order valence-corrected chi connectivity index (χ3v) is 4.32. The molecule has 3 aromatic rings. The highest BCUT2D eigenvalue weighted by Crippen LogP contribution is 2.24. The molecular weight excluding hydrogens is 282 g/mol. The maximum absolute atomic E-state index is 12.9. The van der Waals surface area contributed by atoms with Crippen LogP contribution in [0.25, 0.3) is 10.9 Å². The third kappa shape index (κ3) is 3.21. The first-order chi connectivity index (χ1) is 11.2. The first-order valence-electron chi connectivity index (χ1n) is 8.40.